The molecular formula is C16H14ClF3N2S. The summed E-state index contributed by atoms with van der Waals surface area (Å²) in [6, 6.07) is 11.1. The number of anilines is 1. The molecule has 0 spiro atoms. The minimum atomic E-state index is -4.40. The third-order valence-electron chi connectivity index (χ3n) is 3.00. The number of hydrogen-bond donors (Lipinski definition) is 1. The zero-order valence-electron chi connectivity index (χ0n) is 12.4. The van der Waals surface area contributed by atoms with Crippen molar-refractivity contribution in [2.75, 3.05) is 11.7 Å². The van der Waals surface area contributed by atoms with E-state index in [2.05, 4.69) is 10.5 Å². The molecule has 7 heteroatoms. The Morgan fingerprint density at radius 3 is 2.57 bits per heavy atom. The van der Waals surface area contributed by atoms with Crippen LogP contribution in [0, 0.1) is 6.92 Å². The third-order valence-corrected chi connectivity index (χ3v) is 4.02. The maximum atomic E-state index is 12.8. The van der Waals surface area contributed by atoms with Crippen LogP contribution < -0.4 is 5.43 Å². The van der Waals surface area contributed by atoms with Gasteiger partial charge in [0, 0.05) is 10.5 Å². The summed E-state index contributed by atoms with van der Waals surface area (Å²) in [4.78, 5) is 1.02. The second-order valence-electron chi connectivity index (χ2n) is 4.83. The van der Waals surface area contributed by atoms with E-state index in [0.29, 0.717) is 11.1 Å². The molecule has 0 saturated heterocycles. The van der Waals surface area contributed by atoms with Gasteiger partial charge in [-0.3, -0.25) is 5.43 Å². The van der Waals surface area contributed by atoms with Crippen LogP contribution >= 0.6 is 23.4 Å². The van der Waals surface area contributed by atoms with E-state index in [1.165, 1.54) is 0 Å². The van der Waals surface area contributed by atoms with Crippen molar-refractivity contribution in [3.8, 4) is 0 Å². The minimum absolute atomic E-state index is 0.177. The third kappa shape index (κ3) is 4.91. The number of nitrogens with one attached hydrogen (secondary N) is 1. The fraction of sp³-hybridized carbons (Fsp3) is 0.188. The van der Waals surface area contributed by atoms with Crippen molar-refractivity contribution >= 4 is 34.2 Å². The van der Waals surface area contributed by atoms with Crippen LogP contribution in [0.15, 0.2) is 52.5 Å². The summed E-state index contributed by atoms with van der Waals surface area (Å²) < 4.78 is 38.4. The Bertz CT molecular complexity index is 730. The molecule has 0 heterocycles. The van der Waals surface area contributed by atoms with Crippen molar-refractivity contribution in [3.05, 3.63) is 59.2 Å². The van der Waals surface area contributed by atoms with Crippen molar-refractivity contribution in [1.29, 1.82) is 0 Å². The summed E-state index contributed by atoms with van der Waals surface area (Å²) in [6.07, 6.45) is -2.46. The lowest BCUT2D eigenvalue weighted by molar-refractivity contribution is -0.137. The molecule has 2 aromatic rings. The van der Waals surface area contributed by atoms with Gasteiger partial charge < -0.3 is 0 Å². The molecule has 0 aliphatic carbocycles. The molecule has 0 radical (unpaired) electrons. The maximum Gasteiger partial charge on any atom is 0.416 e. The molecule has 0 aliphatic rings. The zero-order chi connectivity index (χ0) is 17.0. The first-order valence-electron chi connectivity index (χ1n) is 6.62. The van der Waals surface area contributed by atoms with Crippen LogP contribution in [0.5, 0.6) is 0 Å². The van der Waals surface area contributed by atoms with Gasteiger partial charge in [-0.1, -0.05) is 23.7 Å². The number of alkyl halides is 3. The van der Waals surface area contributed by atoms with Gasteiger partial charge in [-0.15, -0.1) is 11.8 Å². The van der Waals surface area contributed by atoms with E-state index in [9.17, 15) is 13.2 Å². The Hall–Kier alpha value is -1.66. The van der Waals surface area contributed by atoms with Crippen LogP contribution in [0.1, 0.15) is 16.7 Å². The highest BCUT2D eigenvalue weighted by atomic mass is 35.5. The fourth-order valence-corrected chi connectivity index (χ4v) is 2.56. The topological polar surface area (TPSA) is 24.4 Å². The van der Waals surface area contributed by atoms with E-state index >= 15 is 0 Å². The molecule has 0 saturated carbocycles. The van der Waals surface area contributed by atoms with Crippen molar-refractivity contribution < 1.29 is 13.2 Å². The van der Waals surface area contributed by atoms with Crippen molar-refractivity contribution in [3.63, 3.8) is 0 Å². The Morgan fingerprint density at radius 2 is 1.91 bits per heavy atom. The Labute approximate surface area is 141 Å². The van der Waals surface area contributed by atoms with Gasteiger partial charge in [-0.05, 0) is 49.1 Å². The molecule has 0 amide bonds. The maximum absolute atomic E-state index is 12.8. The Balaban J connectivity index is 2.23. The molecule has 1 N–H and O–H groups in total. The molecule has 2 aromatic carbocycles. The first-order chi connectivity index (χ1) is 10.8. The highest BCUT2D eigenvalue weighted by Gasteiger charge is 2.30. The lowest BCUT2D eigenvalue weighted by Crippen LogP contribution is -2.06. The summed E-state index contributed by atoms with van der Waals surface area (Å²) in [5.74, 6) is 0. The van der Waals surface area contributed by atoms with E-state index in [-0.39, 0.29) is 10.9 Å². The average molecular weight is 359 g/mol. The number of benzene rings is 2. The van der Waals surface area contributed by atoms with Gasteiger partial charge in [-0.25, -0.2) is 0 Å². The van der Waals surface area contributed by atoms with E-state index in [1.807, 2.05) is 24.5 Å². The van der Waals surface area contributed by atoms with Gasteiger partial charge in [0.05, 0.1) is 11.3 Å². The largest absolute Gasteiger partial charge is 0.416 e. The molecule has 23 heavy (non-hydrogen) atoms. The summed E-state index contributed by atoms with van der Waals surface area (Å²) in [5, 5.41) is 4.14. The summed E-state index contributed by atoms with van der Waals surface area (Å²) in [7, 11) is 0. The first-order valence-corrected chi connectivity index (χ1v) is 8.22. The molecular weight excluding hydrogens is 345 g/mol. The van der Waals surface area contributed by atoms with Crippen LogP contribution in [0.2, 0.25) is 0 Å². The lowest BCUT2D eigenvalue weighted by atomic mass is 10.1. The summed E-state index contributed by atoms with van der Waals surface area (Å²) in [5.41, 5.74) is 3.26. The fourth-order valence-electron chi connectivity index (χ4n) is 1.94. The molecule has 0 atom stereocenters. The normalized spacial score (nSPS) is 12.3. The lowest BCUT2D eigenvalue weighted by Gasteiger charge is -2.10. The number of hydrazone groups is 1. The molecule has 2 rings (SSSR count). The van der Waals surface area contributed by atoms with Crippen LogP contribution in [0.4, 0.5) is 18.9 Å². The zero-order valence-corrected chi connectivity index (χ0v) is 14.0. The van der Waals surface area contributed by atoms with Crippen molar-refractivity contribution in [2.24, 2.45) is 5.10 Å². The second kappa shape index (κ2) is 7.27. The number of aryl methyl sites for hydroxylation is 1. The number of hydrogen-bond acceptors (Lipinski definition) is 3. The Morgan fingerprint density at radius 1 is 1.17 bits per heavy atom. The van der Waals surface area contributed by atoms with Gasteiger partial charge in [0.2, 0.25) is 0 Å². The smallest absolute Gasteiger partial charge is 0.277 e. The number of halogens is 4. The second-order valence-corrected chi connectivity index (χ2v) is 6.07. The van der Waals surface area contributed by atoms with Crippen molar-refractivity contribution in [2.45, 2.75) is 18.0 Å². The highest BCUT2D eigenvalue weighted by Crippen LogP contribution is 2.31. The van der Waals surface area contributed by atoms with Gasteiger partial charge in [0.1, 0.15) is 0 Å². The van der Waals surface area contributed by atoms with Gasteiger partial charge in [0.25, 0.3) is 0 Å². The summed E-state index contributed by atoms with van der Waals surface area (Å²) in [6.45, 7) is 1.59. The minimum Gasteiger partial charge on any atom is -0.277 e. The van der Waals surface area contributed by atoms with Gasteiger partial charge >= 0.3 is 6.18 Å². The van der Waals surface area contributed by atoms with E-state index in [0.717, 1.165) is 17.0 Å². The molecule has 0 aromatic heterocycles. The standard InChI is InChI=1S/C16H14ClF3N2S/c1-10-6-12(16(18,19)20)9-13(7-10)21-22-15(17)11-4-3-5-14(8-11)23-2/h3-9,21H,1-2H3. The molecule has 2 nitrogen and oxygen atoms in total. The number of nitrogens with zero attached hydrogens (tertiary/aromatic N) is 1. The van der Waals surface area contributed by atoms with Crippen LogP contribution in [0.25, 0.3) is 0 Å². The van der Waals surface area contributed by atoms with E-state index in [4.69, 9.17) is 11.6 Å². The number of thioether (sulfide) groups is 1. The van der Waals surface area contributed by atoms with Gasteiger partial charge in [-0.2, -0.15) is 18.3 Å². The number of rotatable bonds is 4. The van der Waals surface area contributed by atoms with Crippen LogP contribution in [0.3, 0.4) is 0 Å². The molecule has 0 aliphatic heterocycles. The molecule has 0 fully saturated rings. The predicted molar refractivity (Wildman–Crippen MR) is 90.4 cm³/mol. The molecule has 0 bridgehead atoms. The van der Waals surface area contributed by atoms with Crippen LogP contribution in [-0.2, 0) is 6.18 Å². The van der Waals surface area contributed by atoms with Crippen molar-refractivity contribution in [1.82, 2.24) is 0 Å². The highest BCUT2D eigenvalue weighted by molar-refractivity contribution is 7.98. The van der Waals surface area contributed by atoms with Gasteiger partial charge in [0.15, 0.2) is 5.17 Å². The Kier molecular flexibility index (Phi) is 5.59. The predicted octanol–water partition coefficient (Wildman–Crippen LogP) is 5.75. The van der Waals surface area contributed by atoms with E-state index in [1.54, 1.807) is 30.8 Å². The monoisotopic (exact) mass is 358 g/mol. The average Bonchev–Trinajstić information content (AvgIpc) is 2.51. The molecule has 122 valence electrons. The SMILES string of the molecule is CSc1cccc(C(Cl)=NNc2cc(C)cc(C(F)(F)F)c2)c1. The van der Waals surface area contributed by atoms with E-state index < -0.39 is 11.7 Å². The first kappa shape index (κ1) is 17.7. The summed E-state index contributed by atoms with van der Waals surface area (Å²) >= 11 is 7.67. The van der Waals surface area contributed by atoms with Crippen LogP contribution in [-0.4, -0.2) is 11.4 Å². The molecule has 0 unspecified atom stereocenters. The quantitative estimate of drug-likeness (QED) is 0.427.